The number of para-hydroxylation sites is 1. The number of aliphatic hydroxyl groups excluding tert-OH is 1. The van der Waals surface area contributed by atoms with Crippen molar-refractivity contribution in [2.24, 2.45) is 0 Å². The molecule has 5 nitrogen and oxygen atoms in total. The van der Waals surface area contributed by atoms with E-state index in [0.29, 0.717) is 13.2 Å². The minimum Gasteiger partial charge on any atom is -0.496 e. The third kappa shape index (κ3) is 4.33. The summed E-state index contributed by atoms with van der Waals surface area (Å²) in [5.41, 5.74) is 0.962. The predicted octanol–water partition coefficient (Wildman–Crippen LogP) is 2.23. The van der Waals surface area contributed by atoms with Crippen LogP contribution in [0, 0.1) is 0 Å². The number of ether oxygens (including phenoxy) is 2. The van der Waals surface area contributed by atoms with Gasteiger partial charge in [-0.3, -0.25) is 4.68 Å². The van der Waals surface area contributed by atoms with E-state index in [1.165, 1.54) is 0 Å². The van der Waals surface area contributed by atoms with Gasteiger partial charge in [-0.2, -0.15) is 5.10 Å². The fraction of sp³-hybridized carbons (Fsp3) is 0.357. The standard InChI is InChI=1S/C14H17BrN2O3/c1-19-14-5-3-2-4-11(14)9-20-10-13(18)8-17-7-12(15)6-16-17/h2-7,13,18H,8-10H2,1H3. The smallest absolute Gasteiger partial charge is 0.124 e. The molecule has 2 aromatic rings. The summed E-state index contributed by atoms with van der Waals surface area (Å²) >= 11 is 3.31. The zero-order valence-electron chi connectivity index (χ0n) is 11.2. The second-order valence-electron chi connectivity index (χ2n) is 4.36. The topological polar surface area (TPSA) is 56.5 Å². The van der Waals surface area contributed by atoms with Gasteiger partial charge >= 0.3 is 0 Å². The summed E-state index contributed by atoms with van der Waals surface area (Å²) < 4.78 is 13.3. The zero-order valence-corrected chi connectivity index (χ0v) is 12.8. The molecule has 0 amide bonds. The lowest BCUT2D eigenvalue weighted by Gasteiger charge is -2.12. The second-order valence-corrected chi connectivity index (χ2v) is 5.28. The molecular formula is C14H17BrN2O3. The Morgan fingerprint density at radius 3 is 2.90 bits per heavy atom. The Morgan fingerprint density at radius 1 is 1.40 bits per heavy atom. The quantitative estimate of drug-likeness (QED) is 0.839. The summed E-state index contributed by atoms with van der Waals surface area (Å²) in [6, 6.07) is 7.66. The van der Waals surface area contributed by atoms with Crippen LogP contribution >= 0.6 is 15.9 Å². The summed E-state index contributed by atoms with van der Waals surface area (Å²) in [5, 5.41) is 14.0. The van der Waals surface area contributed by atoms with Crippen LogP contribution in [0.15, 0.2) is 41.1 Å². The van der Waals surface area contributed by atoms with Gasteiger partial charge in [0.2, 0.25) is 0 Å². The van der Waals surface area contributed by atoms with Gasteiger partial charge in [-0.25, -0.2) is 0 Å². The van der Waals surface area contributed by atoms with Gasteiger partial charge in [0.15, 0.2) is 0 Å². The van der Waals surface area contributed by atoms with Crippen molar-refractivity contribution < 1.29 is 14.6 Å². The van der Waals surface area contributed by atoms with E-state index in [1.807, 2.05) is 30.5 Å². The highest BCUT2D eigenvalue weighted by Gasteiger charge is 2.08. The van der Waals surface area contributed by atoms with Crippen molar-refractivity contribution in [3.05, 3.63) is 46.7 Å². The van der Waals surface area contributed by atoms with E-state index in [4.69, 9.17) is 9.47 Å². The zero-order chi connectivity index (χ0) is 14.4. The highest BCUT2D eigenvalue weighted by Crippen LogP contribution is 2.18. The third-order valence-electron chi connectivity index (χ3n) is 2.76. The maximum atomic E-state index is 9.88. The van der Waals surface area contributed by atoms with E-state index < -0.39 is 6.10 Å². The van der Waals surface area contributed by atoms with Crippen LogP contribution in [-0.4, -0.2) is 34.7 Å². The van der Waals surface area contributed by atoms with Gasteiger partial charge in [-0.05, 0) is 22.0 Å². The van der Waals surface area contributed by atoms with E-state index >= 15 is 0 Å². The molecule has 0 aliphatic carbocycles. The number of benzene rings is 1. The average Bonchev–Trinajstić information content (AvgIpc) is 2.84. The van der Waals surface area contributed by atoms with Crippen molar-refractivity contribution in [1.82, 2.24) is 9.78 Å². The van der Waals surface area contributed by atoms with Crippen LogP contribution in [-0.2, 0) is 17.9 Å². The number of aliphatic hydroxyl groups is 1. The second kappa shape index (κ2) is 7.42. The molecule has 0 aliphatic rings. The van der Waals surface area contributed by atoms with E-state index in [9.17, 15) is 5.11 Å². The van der Waals surface area contributed by atoms with E-state index in [0.717, 1.165) is 15.8 Å². The van der Waals surface area contributed by atoms with Crippen molar-refractivity contribution in [2.75, 3.05) is 13.7 Å². The maximum absolute atomic E-state index is 9.88. The van der Waals surface area contributed by atoms with Crippen LogP contribution in [0.25, 0.3) is 0 Å². The Hall–Kier alpha value is -1.37. The molecule has 1 atom stereocenters. The molecule has 1 aromatic carbocycles. The van der Waals surface area contributed by atoms with Crippen molar-refractivity contribution in [3.8, 4) is 5.75 Å². The number of aromatic nitrogens is 2. The first-order chi connectivity index (χ1) is 9.69. The van der Waals surface area contributed by atoms with E-state index in [2.05, 4.69) is 21.0 Å². The lowest BCUT2D eigenvalue weighted by Crippen LogP contribution is -2.22. The fourth-order valence-corrected chi connectivity index (χ4v) is 2.16. The Bertz CT molecular complexity index is 545. The number of hydrogen-bond acceptors (Lipinski definition) is 4. The van der Waals surface area contributed by atoms with Gasteiger partial charge in [0.25, 0.3) is 0 Å². The number of halogens is 1. The van der Waals surface area contributed by atoms with E-state index in [-0.39, 0.29) is 6.61 Å². The molecule has 1 N–H and O–H groups in total. The summed E-state index contributed by atoms with van der Waals surface area (Å²) in [5.74, 6) is 0.790. The van der Waals surface area contributed by atoms with Gasteiger partial charge in [0, 0.05) is 11.8 Å². The van der Waals surface area contributed by atoms with Crippen LogP contribution < -0.4 is 4.74 Å². The molecule has 6 heteroatoms. The summed E-state index contributed by atoms with van der Waals surface area (Å²) in [4.78, 5) is 0. The van der Waals surface area contributed by atoms with Gasteiger partial charge < -0.3 is 14.6 Å². The lowest BCUT2D eigenvalue weighted by molar-refractivity contribution is 0.0181. The molecule has 0 saturated carbocycles. The molecule has 1 unspecified atom stereocenters. The summed E-state index contributed by atoms with van der Waals surface area (Å²) in [6.45, 7) is 1.05. The number of methoxy groups -OCH3 is 1. The predicted molar refractivity (Wildman–Crippen MR) is 78.6 cm³/mol. The first-order valence-electron chi connectivity index (χ1n) is 6.24. The van der Waals surface area contributed by atoms with E-state index in [1.54, 1.807) is 18.0 Å². The SMILES string of the molecule is COc1ccccc1COCC(O)Cn1cc(Br)cn1. The molecule has 0 saturated heterocycles. The monoisotopic (exact) mass is 340 g/mol. The fourth-order valence-electron chi connectivity index (χ4n) is 1.83. The van der Waals surface area contributed by atoms with Crippen LogP contribution in [0.3, 0.4) is 0 Å². The van der Waals surface area contributed by atoms with Crippen molar-refractivity contribution in [1.29, 1.82) is 0 Å². The Morgan fingerprint density at radius 2 is 2.20 bits per heavy atom. The minimum absolute atomic E-state index is 0.246. The first-order valence-corrected chi connectivity index (χ1v) is 7.04. The molecule has 0 spiro atoms. The van der Waals surface area contributed by atoms with Crippen LogP contribution in [0.4, 0.5) is 0 Å². The molecule has 1 aromatic heterocycles. The van der Waals surface area contributed by atoms with Gasteiger partial charge in [0.1, 0.15) is 5.75 Å². The molecule has 0 aliphatic heterocycles. The number of nitrogens with zero attached hydrogens (tertiary/aromatic N) is 2. The molecule has 108 valence electrons. The highest BCUT2D eigenvalue weighted by molar-refractivity contribution is 9.10. The van der Waals surface area contributed by atoms with Gasteiger partial charge in [-0.1, -0.05) is 18.2 Å². The molecule has 2 rings (SSSR count). The molecule has 1 heterocycles. The number of rotatable bonds is 7. The Kier molecular flexibility index (Phi) is 5.58. The largest absolute Gasteiger partial charge is 0.496 e. The van der Waals surface area contributed by atoms with Crippen LogP contribution in [0.5, 0.6) is 5.75 Å². The first kappa shape index (κ1) is 15.0. The average molecular weight is 341 g/mol. The Balaban J connectivity index is 1.77. The van der Waals surface area contributed by atoms with Crippen molar-refractivity contribution in [3.63, 3.8) is 0 Å². The van der Waals surface area contributed by atoms with Gasteiger partial charge in [0.05, 0.1) is 43.6 Å². The lowest BCUT2D eigenvalue weighted by atomic mass is 10.2. The molecule has 20 heavy (non-hydrogen) atoms. The Labute approximate surface area is 126 Å². The summed E-state index contributed by atoms with van der Waals surface area (Å²) in [6.07, 6.45) is 2.89. The highest BCUT2D eigenvalue weighted by atomic mass is 79.9. The maximum Gasteiger partial charge on any atom is 0.124 e. The third-order valence-corrected chi connectivity index (χ3v) is 3.17. The molecular weight excluding hydrogens is 324 g/mol. The molecule has 0 fully saturated rings. The molecule has 0 bridgehead atoms. The van der Waals surface area contributed by atoms with Crippen LogP contribution in [0.1, 0.15) is 5.56 Å². The normalized spacial score (nSPS) is 12.3. The van der Waals surface area contributed by atoms with Crippen LogP contribution in [0.2, 0.25) is 0 Å². The van der Waals surface area contributed by atoms with Gasteiger partial charge in [-0.15, -0.1) is 0 Å². The van der Waals surface area contributed by atoms with Crippen molar-refractivity contribution in [2.45, 2.75) is 19.3 Å². The van der Waals surface area contributed by atoms with Crippen molar-refractivity contribution >= 4 is 15.9 Å². The summed E-state index contributed by atoms with van der Waals surface area (Å²) in [7, 11) is 1.63. The minimum atomic E-state index is -0.600. The number of hydrogen-bond donors (Lipinski definition) is 1. The molecule has 0 radical (unpaired) electrons.